The Kier molecular flexibility index (Phi) is 3.18. The van der Waals surface area contributed by atoms with E-state index in [9.17, 15) is 26.3 Å². The highest BCUT2D eigenvalue weighted by molar-refractivity contribution is 5.61. The zero-order valence-electron chi connectivity index (χ0n) is 9.76. The number of alkyl halides is 6. The normalized spacial score (nSPS) is 12.8. The molecule has 2 rings (SSSR count). The number of nitrogens with zero attached hydrogens (tertiary/aromatic N) is 3. The monoisotopic (exact) mass is 296 g/mol. The number of aryl methyl sites for hydroxylation is 1. The second-order valence-electron chi connectivity index (χ2n) is 3.86. The fourth-order valence-electron chi connectivity index (χ4n) is 1.59. The van der Waals surface area contributed by atoms with Gasteiger partial charge >= 0.3 is 12.4 Å². The van der Waals surface area contributed by atoms with Crippen molar-refractivity contribution < 1.29 is 26.3 Å². The molecule has 0 aliphatic rings. The number of halogens is 6. The van der Waals surface area contributed by atoms with E-state index in [0.29, 0.717) is 5.69 Å². The molecule has 0 saturated carbocycles. The fourth-order valence-corrected chi connectivity index (χ4v) is 1.59. The molecule has 0 aliphatic heterocycles. The average Bonchev–Trinajstić information content (AvgIpc) is 2.72. The summed E-state index contributed by atoms with van der Waals surface area (Å²) in [4.78, 5) is 7.18. The first-order valence-corrected chi connectivity index (χ1v) is 5.12. The Balaban J connectivity index is 2.70. The Morgan fingerprint density at radius 1 is 1.00 bits per heavy atom. The van der Waals surface area contributed by atoms with Crippen LogP contribution in [0.15, 0.2) is 12.4 Å². The molecule has 1 N–H and O–H groups in total. The van der Waals surface area contributed by atoms with Crippen molar-refractivity contribution in [1.82, 2.24) is 20.2 Å². The highest BCUT2D eigenvalue weighted by Gasteiger charge is 2.48. The van der Waals surface area contributed by atoms with E-state index < -0.39 is 29.3 Å². The topological polar surface area (TPSA) is 54.5 Å². The van der Waals surface area contributed by atoms with E-state index in [2.05, 4.69) is 15.1 Å². The van der Waals surface area contributed by atoms with Crippen molar-refractivity contribution in [1.29, 1.82) is 0 Å². The number of hydrogen-bond acceptors (Lipinski definition) is 3. The van der Waals surface area contributed by atoms with Gasteiger partial charge < -0.3 is 0 Å². The molecule has 0 saturated heterocycles. The number of aromatic amines is 1. The maximum absolute atomic E-state index is 12.9. The smallest absolute Gasteiger partial charge is 0.272 e. The lowest BCUT2D eigenvalue weighted by molar-refractivity contribution is -0.163. The van der Waals surface area contributed by atoms with Crippen molar-refractivity contribution in [2.45, 2.75) is 19.3 Å². The summed E-state index contributed by atoms with van der Waals surface area (Å²) in [6, 6.07) is 1.12. The Morgan fingerprint density at radius 3 is 2.15 bits per heavy atom. The summed E-state index contributed by atoms with van der Waals surface area (Å²) in [5.74, 6) is 0. The summed E-state index contributed by atoms with van der Waals surface area (Å²) in [6.45, 7) is 1.47. The van der Waals surface area contributed by atoms with E-state index in [1.54, 1.807) is 0 Å². The van der Waals surface area contributed by atoms with Crippen LogP contribution < -0.4 is 0 Å². The van der Waals surface area contributed by atoms with Crippen molar-refractivity contribution in [2.24, 2.45) is 0 Å². The van der Waals surface area contributed by atoms with Gasteiger partial charge in [0.1, 0.15) is 17.6 Å². The first kappa shape index (κ1) is 14.3. The Bertz CT molecular complexity index is 627. The molecule has 0 atom stereocenters. The quantitative estimate of drug-likeness (QED) is 0.822. The third-order valence-electron chi connectivity index (χ3n) is 2.38. The molecule has 10 heteroatoms. The van der Waals surface area contributed by atoms with Gasteiger partial charge in [0.05, 0.1) is 5.69 Å². The van der Waals surface area contributed by atoms with Crippen LogP contribution in [-0.4, -0.2) is 20.2 Å². The van der Waals surface area contributed by atoms with Crippen LogP contribution in [0.25, 0.3) is 11.4 Å². The van der Waals surface area contributed by atoms with Crippen LogP contribution in [0.4, 0.5) is 26.3 Å². The molecule has 2 aromatic rings. The summed E-state index contributed by atoms with van der Waals surface area (Å²) in [5, 5.41) is 4.49. The first-order valence-electron chi connectivity index (χ1n) is 5.12. The minimum Gasteiger partial charge on any atom is -0.272 e. The maximum atomic E-state index is 12.9. The minimum absolute atomic E-state index is 0.305. The minimum atomic E-state index is -5.22. The summed E-state index contributed by atoms with van der Waals surface area (Å²) >= 11 is 0. The molecule has 2 aromatic heterocycles. The van der Waals surface area contributed by atoms with Gasteiger partial charge in [0.15, 0.2) is 5.69 Å². The van der Waals surface area contributed by atoms with Crippen LogP contribution in [0.5, 0.6) is 0 Å². The van der Waals surface area contributed by atoms with E-state index in [-0.39, 0.29) is 5.69 Å². The summed E-state index contributed by atoms with van der Waals surface area (Å²) < 4.78 is 76.3. The van der Waals surface area contributed by atoms with Crippen molar-refractivity contribution in [3.8, 4) is 11.4 Å². The lowest BCUT2D eigenvalue weighted by Gasteiger charge is -2.11. The molecule has 20 heavy (non-hydrogen) atoms. The van der Waals surface area contributed by atoms with Crippen molar-refractivity contribution in [2.75, 3.05) is 0 Å². The highest BCUT2D eigenvalue weighted by atomic mass is 19.4. The predicted octanol–water partition coefficient (Wildman–Crippen LogP) is 3.21. The molecule has 0 radical (unpaired) electrons. The third-order valence-corrected chi connectivity index (χ3v) is 2.38. The van der Waals surface area contributed by atoms with Crippen molar-refractivity contribution >= 4 is 0 Å². The van der Waals surface area contributed by atoms with Crippen molar-refractivity contribution in [3.63, 3.8) is 0 Å². The van der Waals surface area contributed by atoms with Crippen molar-refractivity contribution in [3.05, 3.63) is 29.3 Å². The first-order chi connectivity index (χ1) is 9.10. The van der Waals surface area contributed by atoms with Crippen LogP contribution in [0.1, 0.15) is 17.0 Å². The van der Waals surface area contributed by atoms with E-state index in [1.807, 2.05) is 0 Å². The van der Waals surface area contributed by atoms with Gasteiger partial charge in [-0.2, -0.15) is 31.4 Å². The molecule has 0 fully saturated rings. The summed E-state index contributed by atoms with van der Waals surface area (Å²) in [6.07, 6.45) is -9.46. The van der Waals surface area contributed by atoms with E-state index in [0.717, 1.165) is 12.4 Å². The molecule has 0 unspecified atom stereocenters. The van der Waals surface area contributed by atoms with Gasteiger partial charge in [-0.1, -0.05) is 0 Å². The van der Waals surface area contributed by atoms with E-state index >= 15 is 0 Å². The van der Waals surface area contributed by atoms with E-state index in [1.165, 1.54) is 12.0 Å². The summed E-state index contributed by atoms with van der Waals surface area (Å²) in [7, 11) is 0. The predicted molar refractivity (Wildman–Crippen MR) is 54.4 cm³/mol. The Morgan fingerprint density at radius 2 is 1.65 bits per heavy atom. The molecular formula is C10H6F6N4. The van der Waals surface area contributed by atoms with Gasteiger partial charge in [-0.25, -0.2) is 9.97 Å². The fraction of sp³-hybridized carbons (Fsp3) is 0.300. The molecule has 0 aromatic carbocycles. The number of rotatable bonds is 1. The van der Waals surface area contributed by atoms with Gasteiger partial charge in [-0.15, -0.1) is 0 Å². The van der Waals surface area contributed by atoms with Crippen LogP contribution >= 0.6 is 0 Å². The van der Waals surface area contributed by atoms with Crippen LogP contribution in [-0.2, 0) is 12.4 Å². The molecule has 0 spiro atoms. The van der Waals surface area contributed by atoms with Crippen LogP contribution in [0, 0.1) is 6.92 Å². The van der Waals surface area contributed by atoms with Crippen LogP contribution in [0.2, 0.25) is 0 Å². The number of nitrogens with one attached hydrogen (secondary N) is 1. The van der Waals surface area contributed by atoms with Crippen LogP contribution in [0.3, 0.4) is 0 Å². The highest BCUT2D eigenvalue weighted by Crippen LogP contribution is 2.43. The molecular weight excluding hydrogens is 290 g/mol. The van der Waals surface area contributed by atoms with Gasteiger partial charge in [-0.3, -0.25) is 5.10 Å². The Hall–Kier alpha value is -2.13. The van der Waals surface area contributed by atoms with Gasteiger partial charge in [0.25, 0.3) is 0 Å². The van der Waals surface area contributed by atoms with Gasteiger partial charge in [-0.05, 0) is 13.0 Å². The molecule has 2 heterocycles. The number of hydrogen-bond donors (Lipinski definition) is 1. The number of H-pyrrole nitrogens is 1. The van der Waals surface area contributed by atoms with E-state index in [4.69, 9.17) is 0 Å². The SMILES string of the molecule is Cc1cc(-c2n[nH]c(C(F)(F)F)c2C(F)(F)F)ncn1. The molecule has 0 aliphatic carbocycles. The lowest BCUT2D eigenvalue weighted by Crippen LogP contribution is -2.16. The summed E-state index contributed by atoms with van der Waals surface area (Å²) in [5.41, 5.74) is -4.77. The molecule has 0 bridgehead atoms. The molecule has 108 valence electrons. The van der Waals surface area contributed by atoms with Gasteiger partial charge in [0.2, 0.25) is 0 Å². The Labute approximate surface area is 107 Å². The molecule has 4 nitrogen and oxygen atoms in total. The number of aromatic nitrogens is 4. The lowest BCUT2D eigenvalue weighted by atomic mass is 10.1. The third kappa shape index (κ3) is 2.58. The standard InChI is InChI=1S/C10H6F6N4/c1-4-2-5(18-3-17-4)7-6(9(11,12)13)8(20-19-7)10(14,15)16/h2-3H,1H3,(H,19,20). The van der Waals surface area contributed by atoms with Gasteiger partial charge in [0, 0.05) is 5.69 Å². The second kappa shape index (κ2) is 4.46. The average molecular weight is 296 g/mol. The zero-order valence-corrected chi connectivity index (χ0v) is 9.76. The maximum Gasteiger partial charge on any atom is 0.433 e. The zero-order chi connectivity index (χ0) is 15.1. The second-order valence-corrected chi connectivity index (χ2v) is 3.86. The largest absolute Gasteiger partial charge is 0.433 e. The molecule has 0 amide bonds.